The van der Waals surface area contributed by atoms with Crippen molar-refractivity contribution in [2.75, 3.05) is 0 Å². The average Bonchev–Trinajstić information content (AvgIpc) is 2.47. The molecular formula is C17H14O2. The van der Waals surface area contributed by atoms with Gasteiger partial charge in [-0.25, -0.2) is 4.79 Å². The molecule has 0 atom stereocenters. The second-order valence-electron chi connectivity index (χ2n) is 3.96. The molecule has 0 radical (unpaired) electrons. The standard InChI is InChI=1S/C17H14O2/c18-17(19-14-16-10-5-2-6-11-16)13-7-12-15-8-3-1-4-9-15/h1-6,8-13H,14H2. The summed E-state index contributed by atoms with van der Waals surface area (Å²) in [5, 5.41) is 0. The third kappa shape index (κ3) is 4.66. The van der Waals surface area contributed by atoms with Crippen LogP contribution in [0.15, 0.2) is 72.5 Å². The van der Waals surface area contributed by atoms with Gasteiger partial charge in [-0.05, 0) is 17.2 Å². The van der Waals surface area contributed by atoms with Crippen LogP contribution in [0.4, 0.5) is 0 Å². The summed E-state index contributed by atoms with van der Waals surface area (Å²) in [7, 11) is 0. The molecule has 0 saturated heterocycles. The van der Waals surface area contributed by atoms with E-state index in [1.54, 1.807) is 6.08 Å². The Balaban J connectivity index is 1.86. The Morgan fingerprint density at radius 3 is 2.32 bits per heavy atom. The van der Waals surface area contributed by atoms with Crippen molar-refractivity contribution in [2.24, 2.45) is 0 Å². The van der Waals surface area contributed by atoms with E-state index in [0.717, 1.165) is 11.1 Å². The highest BCUT2D eigenvalue weighted by Crippen LogP contribution is 2.01. The fourth-order valence-corrected chi connectivity index (χ4v) is 1.53. The molecule has 0 saturated carbocycles. The molecule has 94 valence electrons. The molecule has 2 aromatic carbocycles. The normalized spacial score (nSPS) is 9.26. The summed E-state index contributed by atoms with van der Waals surface area (Å²) in [5.74, 6) is -0.393. The van der Waals surface area contributed by atoms with E-state index in [1.807, 2.05) is 60.7 Å². The van der Waals surface area contributed by atoms with Crippen LogP contribution in [0.25, 0.3) is 6.08 Å². The Morgan fingerprint density at radius 1 is 1.00 bits per heavy atom. The number of carbonyl (C=O) groups is 1. The number of hydrogen-bond acceptors (Lipinski definition) is 2. The maximum absolute atomic E-state index is 11.4. The maximum atomic E-state index is 11.4. The molecule has 0 aliphatic rings. The minimum Gasteiger partial charge on any atom is -0.457 e. The zero-order chi connectivity index (χ0) is 13.3. The summed E-state index contributed by atoms with van der Waals surface area (Å²) in [5.41, 5.74) is 4.78. The molecule has 19 heavy (non-hydrogen) atoms. The quantitative estimate of drug-likeness (QED) is 0.471. The molecule has 2 nitrogen and oxygen atoms in total. The van der Waals surface area contributed by atoms with Crippen molar-refractivity contribution in [1.29, 1.82) is 0 Å². The molecule has 0 fully saturated rings. The SMILES string of the molecule is O=C(C=C=Cc1ccccc1)OCc1ccccc1. The van der Waals surface area contributed by atoms with E-state index < -0.39 is 5.97 Å². The Morgan fingerprint density at radius 2 is 1.63 bits per heavy atom. The second-order valence-corrected chi connectivity index (χ2v) is 3.96. The summed E-state index contributed by atoms with van der Waals surface area (Å²) >= 11 is 0. The zero-order valence-corrected chi connectivity index (χ0v) is 10.5. The van der Waals surface area contributed by atoms with Crippen molar-refractivity contribution in [1.82, 2.24) is 0 Å². The summed E-state index contributed by atoms with van der Waals surface area (Å²) in [6.07, 6.45) is 3.04. The van der Waals surface area contributed by atoms with Crippen molar-refractivity contribution in [3.63, 3.8) is 0 Å². The molecular weight excluding hydrogens is 236 g/mol. The van der Waals surface area contributed by atoms with Gasteiger partial charge in [-0.1, -0.05) is 60.7 Å². The van der Waals surface area contributed by atoms with Gasteiger partial charge in [0.15, 0.2) is 0 Å². The third-order valence-corrected chi connectivity index (χ3v) is 2.47. The van der Waals surface area contributed by atoms with Gasteiger partial charge < -0.3 is 4.74 Å². The minimum atomic E-state index is -0.393. The highest BCUT2D eigenvalue weighted by molar-refractivity contribution is 5.82. The highest BCUT2D eigenvalue weighted by Gasteiger charge is 1.96. The average molecular weight is 250 g/mol. The largest absolute Gasteiger partial charge is 0.457 e. The minimum absolute atomic E-state index is 0.281. The number of benzene rings is 2. The fraction of sp³-hybridized carbons (Fsp3) is 0.0588. The van der Waals surface area contributed by atoms with E-state index in [2.05, 4.69) is 5.73 Å². The van der Waals surface area contributed by atoms with Crippen LogP contribution in [0.1, 0.15) is 11.1 Å². The topological polar surface area (TPSA) is 26.3 Å². The van der Waals surface area contributed by atoms with Crippen LogP contribution < -0.4 is 0 Å². The van der Waals surface area contributed by atoms with Gasteiger partial charge in [0.1, 0.15) is 6.61 Å². The van der Waals surface area contributed by atoms with E-state index in [1.165, 1.54) is 6.08 Å². The number of esters is 1. The Hall–Kier alpha value is -2.57. The predicted octanol–water partition coefficient (Wildman–Crippen LogP) is 3.60. The number of rotatable bonds is 4. The lowest BCUT2D eigenvalue weighted by Gasteiger charge is -2.00. The van der Waals surface area contributed by atoms with Gasteiger partial charge in [0, 0.05) is 0 Å². The first-order valence-electron chi connectivity index (χ1n) is 6.03. The lowest BCUT2D eigenvalue weighted by atomic mass is 10.2. The van der Waals surface area contributed by atoms with E-state index in [9.17, 15) is 4.79 Å². The van der Waals surface area contributed by atoms with Gasteiger partial charge in [0.05, 0.1) is 6.08 Å². The van der Waals surface area contributed by atoms with E-state index in [-0.39, 0.29) is 6.61 Å². The highest BCUT2D eigenvalue weighted by atomic mass is 16.5. The Kier molecular flexibility index (Phi) is 4.74. The van der Waals surface area contributed by atoms with Crippen molar-refractivity contribution < 1.29 is 9.53 Å². The van der Waals surface area contributed by atoms with Gasteiger partial charge >= 0.3 is 5.97 Å². The molecule has 0 aliphatic carbocycles. The molecule has 2 heteroatoms. The molecule has 2 rings (SSSR count). The van der Waals surface area contributed by atoms with Gasteiger partial charge in [0.2, 0.25) is 0 Å². The van der Waals surface area contributed by atoms with Gasteiger partial charge in [0.25, 0.3) is 0 Å². The van der Waals surface area contributed by atoms with Crippen molar-refractivity contribution in [3.8, 4) is 0 Å². The summed E-state index contributed by atoms with van der Waals surface area (Å²) < 4.78 is 5.09. The van der Waals surface area contributed by atoms with Crippen LogP contribution >= 0.6 is 0 Å². The number of ether oxygens (including phenoxy) is 1. The van der Waals surface area contributed by atoms with Crippen molar-refractivity contribution in [3.05, 3.63) is 83.6 Å². The maximum Gasteiger partial charge on any atom is 0.338 e. The van der Waals surface area contributed by atoms with Gasteiger partial charge in [-0.15, -0.1) is 5.73 Å². The third-order valence-electron chi connectivity index (χ3n) is 2.47. The predicted molar refractivity (Wildman–Crippen MR) is 75.2 cm³/mol. The number of hydrogen-bond donors (Lipinski definition) is 0. The summed E-state index contributed by atoms with van der Waals surface area (Å²) in [6, 6.07) is 19.3. The molecule has 0 amide bonds. The van der Waals surface area contributed by atoms with Crippen molar-refractivity contribution >= 4 is 12.0 Å². The van der Waals surface area contributed by atoms with Crippen LogP contribution in [0.3, 0.4) is 0 Å². The molecule has 0 bridgehead atoms. The van der Waals surface area contributed by atoms with Gasteiger partial charge in [-0.2, -0.15) is 0 Å². The first-order valence-corrected chi connectivity index (χ1v) is 6.03. The second kappa shape index (κ2) is 7.00. The number of carbonyl (C=O) groups excluding carboxylic acids is 1. The molecule has 0 unspecified atom stereocenters. The van der Waals surface area contributed by atoms with Gasteiger partial charge in [-0.3, -0.25) is 0 Å². The molecule has 0 N–H and O–H groups in total. The van der Waals surface area contributed by atoms with E-state index in [0.29, 0.717) is 0 Å². The monoisotopic (exact) mass is 250 g/mol. The first kappa shape index (κ1) is 12.9. The molecule has 2 aromatic rings. The summed E-state index contributed by atoms with van der Waals surface area (Å²) in [6.45, 7) is 0.281. The van der Waals surface area contributed by atoms with Crippen LogP contribution in [-0.4, -0.2) is 5.97 Å². The Labute approximate surface area is 112 Å². The Bertz CT molecular complexity index is 579. The van der Waals surface area contributed by atoms with Crippen LogP contribution in [0.2, 0.25) is 0 Å². The molecule has 0 aromatic heterocycles. The lowest BCUT2D eigenvalue weighted by molar-refractivity contribution is -0.138. The smallest absolute Gasteiger partial charge is 0.338 e. The zero-order valence-electron chi connectivity index (χ0n) is 10.5. The summed E-state index contributed by atoms with van der Waals surface area (Å²) in [4.78, 5) is 11.4. The van der Waals surface area contributed by atoms with Crippen molar-refractivity contribution in [2.45, 2.75) is 6.61 Å². The van der Waals surface area contributed by atoms with Crippen LogP contribution in [0, 0.1) is 0 Å². The van der Waals surface area contributed by atoms with Crippen LogP contribution in [-0.2, 0) is 16.1 Å². The fourth-order valence-electron chi connectivity index (χ4n) is 1.53. The molecule has 0 spiro atoms. The molecule has 0 heterocycles. The molecule has 0 aliphatic heterocycles. The van der Waals surface area contributed by atoms with E-state index >= 15 is 0 Å². The first-order chi connectivity index (χ1) is 9.34. The van der Waals surface area contributed by atoms with E-state index in [4.69, 9.17) is 4.74 Å². The lowest BCUT2D eigenvalue weighted by Crippen LogP contribution is -1.99. The van der Waals surface area contributed by atoms with Crippen LogP contribution in [0.5, 0.6) is 0 Å².